The van der Waals surface area contributed by atoms with Crippen LogP contribution in [0.25, 0.3) is 0 Å². The van der Waals surface area contributed by atoms with Gasteiger partial charge in [-0.2, -0.15) is 0 Å². The second-order valence-electron chi connectivity index (χ2n) is 6.42. The third-order valence-electron chi connectivity index (χ3n) is 4.82. The lowest BCUT2D eigenvalue weighted by Gasteiger charge is -2.24. The van der Waals surface area contributed by atoms with Crippen molar-refractivity contribution in [2.75, 3.05) is 0 Å². The Morgan fingerprint density at radius 1 is 0.474 bits per heavy atom. The maximum Gasteiger partial charge on any atom is 0.640 e. The van der Waals surface area contributed by atoms with Gasteiger partial charge in [-0.1, -0.05) is 38.5 Å². The highest BCUT2D eigenvalue weighted by molar-refractivity contribution is 6.36. The summed E-state index contributed by atoms with van der Waals surface area (Å²) in [5.41, 5.74) is 0. The predicted octanol–water partition coefficient (Wildman–Crippen LogP) is 3.85. The molecule has 3 fully saturated rings. The van der Waals surface area contributed by atoms with E-state index in [1.807, 2.05) is 0 Å². The molecule has 3 aliphatic rings. The molecule has 3 saturated carbocycles. The van der Waals surface area contributed by atoms with Crippen LogP contribution in [0.15, 0.2) is 0 Å². The van der Waals surface area contributed by atoms with E-state index in [9.17, 15) is 0 Å². The number of hydrogen-bond acceptors (Lipinski definition) is 3. The monoisotopic (exact) mass is 266 g/mol. The van der Waals surface area contributed by atoms with Crippen molar-refractivity contribution in [1.29, 1.82) is 0 Å². The summed E-state index contributed by atoms with van der Waals surface area (Å²) in [5.74, 6) is 0. The van der Waals surface area contributed by atoms with Crippen LogP contribution in [-0.2, 0) is 14.0 Å². The van der Waals surface area contributed by atoms with Gasteiger partial charge in [0.1, 0.15) is 0 Å². The predicted molar refractivity (Wildman–Crippen MR) is 75.8 cm³/mol. The molecule has 0 aromatic heterocycles. The molecule has 0 bridgehead atoms. The quantitative estimate of drug-likeness (QED) is 0.683. The standard InChI is InChI=1S/C15H27BO3/c1-2-8-13(7-1)17-16(18-14-9-3-4-10-14)19-15-11-5-6-12-15/h13-15H,1-12H2. The van der Waals surface area contributed by atoms with Gasteiger partial charge in [0.05, 0.1) is 0 Å². The zero-order valence-electron chi connectivity index (χ0n) is 12.0. The second kappa shape index (κ2) is 7.10. The van der Waals surface area contributed by atoms with Gasteiger partial charge in [-0.25, -0.2) is 0 Å². The fraction of sp³-hybridized carbons (Fsp3) is 1.00. The molecule has 0 saturated heterocycles. The fourth-order valence-electron chi connectivity index (χ4n) is 3.64. The molecule has 0 aromatic carbocycles. The van der Waals surface area contributed by atoms with E-state index in [-0.39, 0.29) is 0 Å². The van der Waals surface area contributed by atoms with E-state index in [1.165, 1.54) is 77.0 Å². The van der Waals surface area contributed by atoms with Crippen LogP contribution in [-0.4, -0.2) is 25.6 Å². The molecule has 3 aliphatic carbocycles. The maximum absolute atomic E-state index is 6.09. The zero-order chi connectivity index (χ0) is 12.9. The van der Waals surface area contributed by atoms with Crippen LogP contribution in [0.3, 0.4) is 0 Å². The van der Waals surface area contributed by atoms with Crippen molar-refractivity contribution < 1.29 is 14.0 Å². The van der Waals surface area contributed by atoms with Crippen molar-refractivity contribution in [3.8, 4) is 0 Å². The van der Waals surface area contributed by atoms with E-state index < -0.39 is 7.32 Å². The van der Waals surface area contributed by atoms with Crippen LogP contribution in [0.4, 0.5) is 0 Å². The summed E-state index contributed by atoms with van der Waals surface area (Å²) in [5, 5.41) is 0. The minimum absolute atomic E-state index is 0.368. The number of rotatable bonds is 6. The molecule has 0 amide bonds. The van der Waals surface area contributed by atoms with E-state index in [0.29, 0.717) is 18.3 Å². The summed E-state index contributed by atoms with van der Waals surface area (Å²) < 4.78 is 18.3. The minimum atomic E-state index is -0.394. The van der Waals surface area contributed by atoms with Crippen LogP contribution in [0.2, 0.25) is 0 Å². The van der Waals surface area contributed by atoms with Gasteiger partial charge in [0.25, 0.3) is 0 Å². The first-order valence-electron chi connectivity index (χ1n) is 8.36. The highest BCUT2D eigenvalue weighted by atomic mass is 16.7. The van der Waals surface area contributed by atoms with E-state index in [1.54, 1.807) is 0 Å². The van der Waals surface area contributed by atoms with Gasteiger partial charge < -0.3 is 14.0 Å². The molecule has 0 atom stereocenters. The average Bonchev–Trinajstić information content (AvgIpc) is 3.10. The Labute approximate surface area is 117 Å². The third kappa shape index (κ3) is 4.20. The zero-order valence-corrected chi connectivity index (χ0v) is 12.0. The molecule has 0 spiro atoms. The van der Waals surface area contributed by atoms with Gasteiger partial charge in [-0.3, -0.25) is 0 Å². The van der Waals surface area contributed by atoms with Crippen LogP contribution >= 0.6 is 0 Å². The Kier molecular flexibility index (Phi) is 5.19. The summed E-state index contributed by atoms with van der Waals surface area (Å²) in [6, 6.07) is 0. The van der Waals surface area contributed by atoms with Gasteiger partial charge in [-0.05, 0) is 38.5 Å². The van der Waals surface area contributed by atoms with Crippen LogP contribution in [0, 0.1) is 0 Å². The van der Waals surface area contributed by atoms with E-state index >= 15 is 0 Å². The Morgan fingerprint density at radius 3 is 1.00 bits per heavy atom. The smallest absolute Gasteiger partial charge is 0.383 e. The first kappa shape index (κ1) is 13.9. The molecule has 4 heteroatoms. The second-order valence-corrected chi connectivity index (χ2v) is 6.42. The molecule has 0 unspecified atom stereocenters. The minimum Gasteiger partial charge on any atom is -0.383 e. The van der Waals surface area contributed by atoms with Crippen molar-refractivity contribution in [2.24, 2.45) is 0 Å². The van der Waals surface area contributed by atoms with Crippen LogP contribution in [0.5, 0.6) is 0 Å². The average molecular weight is 266 g/mol. The summed E-state index contributed by atoms with van der Waals surface area (Å²) in [7, 11) is -0.394. The lowest BCUT2D eigenvalue weighted by Crippen LogP contribution is -2.37. The van der Waals surface area contributed by atoms with E-state index in [4.69, 9.17) is 14.0 Å². The van der Waals surface area contributed by atoms with Crippen LogP contribution < -0.4 is 0 Å². The largest absolute Gasteiger partial charge is 0.640 e. The molecular formula is C15H27BO3. The summed E-state index contributed by atoms with van der Waals surface area (Å²) >= 11 is 0. The van der Waals surface area contributed by atoms with Crippen molar-refractivity contribution >= 4 is 7.32 Å². The first-order valence-corrected chi connectivity index (χ1v) is 8.36. The summed E-state index contributed by atoms with van der Waals surface area (Å²) in [6.45, 7) is 0. The van der Waals surface area contributed by atoms with Gasteiger partial charge >= 0.3 is 7.32 Å². The van der Waals surface area contributed by atoms with Crippen molar-refractivity contribution in [3.63, 3.8) is 0 Å². The van der Waals surface area contributed by atoms with E-state index in [0.717, 1.165) is 0 Å². The Bertz CT molecular complexity index is 213. The summed E-state index contributed by atoms with van der Waals surface area (Å²) in [4.78, 5) is 0. The normalized spacial score (nSPS) is 26.5. The highest BCUT2D eigenvalue weighted by Crippen LogP contribution is 2.28. The SMILES string of the molecule is C1CCC(OB(OC2CCCC2)OC2CCCC2)C1. The molecule has 0 aromatic rings. The van der Waals surface area contributed by atoms with Gasteiger partial charge in [0.2, 0.25) is 0 Å². The first-order chi connectivity index (χ1) is 9.40. The summed E-state index contributed by atoms with van der Waals surface area (Å²) in [6.07, 6.45) is 16.0. The molecular weight excluding hydrogens is 239 g/mol. The maximum atomic E-state index is 6.09. The fourth-order valence-corrected chi connectivity index (χ4v) is 3.64. The van der Waals surface area contributed by atoms with Gasteiger partial charge in [-0.15, -0.1) is 0 Å². The molecule has 0 aliphatic heterocycles. The lowest BCUT2D eigenvalue weighted by molar-refractivity contribution is 0.0127. The Hall–Kier alpha value is -0.0551. The van der Waals surface area contributed by atoms with Gasteiger partial charge in [0, 0.05) is 18.3 Å². The van der Waals surface area contributed by atoms with Crippen molar-refractivity contribution in [1.82, 2.24) is 0 Å². The van der Waals surface area contributed by atoms with E-state index in [2.05, 4.69) is 0 Å². The molecule has 3 rings (SSSR count). The third-order valence-corrected chi connectivity index (χ3v) is 4.82. The van der Waals surface area contributed by atoms with Crippen molar-refractivity contribution in [2.45, 2.75) is 95.4 Å². The number of hydrogen-bond donors (Lipinski definition) is 0. The molecule has 108 valence electrons. The molecule has 19 heavy (non-hydrogen) atoms. The van der Waals surface area contributed by atoms with Crippen LogP contribution in [0.1, 0.15) is 77.0 Å². The Balaban J connectivity index is 1.49. The topological polar surface area (TPSA) is 27.7 Å². The molecule has 0 heterocycles. The highest BCUT2D eigenvalue weighted by Gasteiger charge is 2.34. The molecule has 3 nitrogen and oxygen atoms in total. The van der Waals surface area contributed by atoms with Gasteiger partial charge in [0.15, 0.2) is 0 Å². The Morgan fingerprint density at radius 2 is 0.737 bits per heavy atom. The molecule has 0 radical (unpaired) electrons. The lowest BCUT2D eigenvalue weighted by atomic mass is 10.1. The van der Waals surface area contributed by atoms with Crippen molar-refractivity contribution in [3.05, 3.63) is 0 Å². The molecule has 0 N–H and O–H groups in total.